The van der Waals surface area contributed by atoms with E-state index in [0.29, 0.717) is 13.1 Å². The Balaban J connectivity index is 1.20. The largest absolute Gasteiger partial charge is 0.341 e. The average molecular weight is 419 g/mol. The summed E-state index contributed by atoms with van der Waals surface area (Å²) in [5.74, 6) is 0.882. The number of carbonyl (C=O) groups excluding carboxylic acids is 1. The van der Waals surface area contributed by atoms with Gasteiger partial charge in [0.15, 0.2) is 0 Å². The number of nitrogens with zero attached hydrogens (tertiary/aromatic N) is 2. The number of hydrogen-bond acceptors (Lipinski definition) is 4. The number of carbonyl (C=O) groups is 1. The lowest BCUT2D eigenvalue weighted by Crippen LogP contribution is -2.49. The molecule has 5 rings (SSSR count). The molecule has 2 fully saturated rings. The summed E-state index contributed by atoms with van der Waals surface area (Å²) in [5.41, 5.74) is 9.81. The van der Waals surface area contributed by atoms with Crippen LogP contribution in [-0.4, -0.2) is 54.5 Å². The van der Waals surface area contributed by atoms with E-state index in [1.807, 2.05) is 11.0 Å². The van der Waals surface area contributed by atoms with Crippen LogP contribution in [0, 0.1) is 11.7 Å². The molecule has 1 aliphatic carbocycles. The first-order valence-corrected chi connectivity index (χ1v) is 11.2. The first-order chi connectivity index (χ1) is 14.1. The lowest BCUT2D eigenvalue weighted by molar-refractivity contribution is -0.133. The lowest BCUT2D eigenvalue weighted by atomic mass is 9.88. The quantitative estimate of drug-likeness (QED) is 0.789. The number of amides is 1. The molecule has 7 heteroatoms. The van der Waals surface area contributed by atoms with E-state index in [0.717, 1.165) is 43.8 Å². The molecule has 5 nitrogen and oxygen atoms in total. The van der Waals surface area contributed by atoms with E-state index in [2.05, 4.69) is 15.8 Å². The molecule has 1 atom stereocenters. The molecule has 29 heavy (non-hydrogen) atoms. The van der Waals surface area contributed by atoms with Gasteiger partial charge in [-0.15, -0.1) is 0 Å². The Labute approximate surface area is 176 Å². The van der Waals surface area contributed by atoms with Crippen molar-refractivity contribution in [1.82, 2.24) is 20.7 Å². The van der Waals surface area contributed by atoms with E-state index in [1.165, 1.54) is 36.7 Å². The van der Waals surface area contributed by atoms with Gasteiger partial charge < -0.3 is 10.3 Å². The van der Waals surface area contributed by atoms with E-state index >= 15 is 0 Å². The molecule has 1 aromatic carbocycles. The fourth-order valence-electron chi connectivity index (χ4n) is 4.98. The molecule has 0 aromatic heterocycles. The lowest BCUT2D eigenvalue weighted by Gasteiger charge is -2.35. The predicted molar refractivity (Wildman–Crippen MR) is 111 cm³/mol. The zero-order valence-electron chi connectivity index (χ0n) is 16.6. The summed E-state index contributed by atoms with van der Waals surface area (Å²) in [6, 6.07) is 4.76. The zero-order valence-corrected chi connectivity index (χ0v) is 17.3. The van der Waals surface area contributed by atoms with Crippen LogP contribution in [0.1, 0.15) is 43.6 Å². The number of hydrogen-bond donors (Lipinski definition) is 2. The SMILES string of the molecule is O=C(C1NNC2=C1CCN(CC1CC1)C2)N1CCC(c2cccc(F)c2Cl)CC1. The van der Waals surface area contributed by atoms with Gasteiger partial charge in [0.25, 0.3) is 0 Å². The van der Waals surface area contributed by atoms with Crippen LogP contribution in [0.2, 0.25) is 5.02 Å². The summed E-state index contributed by atoms with van der Waals surface area (Å²) < 4.78 is 13.8. The topological polar surface area (TPSA) is 47.6 Å². The Morgan fingerprint density at radius 3 is 2.72 bits per heavy atom. The van der Waals surface area contributed by atoms with Gasteiger partial charge in [0.1, 0.15) is 11.9 Å². The van der Waals surface area contributed by atoms with Crippen molar-refractivity contribution in [1.29, 1.82) is 0 Å². The summed E-state index contributed by atoms with van der Waals surface area (Å²) in [6.07, 6.45) is 5.32. The smallest absolute Gasteiger partial charge is 0.245 e. The number of halogens is 2. The number of rotatable bonds is 4. The third kappa shape index (κ3) is 3.90. The first-order valence-electron chi connectivity index (χ1n) is 10.8. The molecule has 1 unspecified atom stereocenters. The average Bonchev–Trinajstić information content (AvgIpc) is 3.45. The third-order valence-corrected chi connectivity index (χ3v) is 7.27. The van der Waals surface area contributed by atoms with Crippen molar-refractivity contribution in [3.63, 3.8) is 0 Å². The van der Waals surface area contributed by atoms with Crippen LogP contribution in [0.25, 0.3) is 0 Å². The van der Waals surface area contributed by atoms with E-state index in [-0.39, 0.29) is 28.7 Å². The minimum Gasteiger partial charge on any atom is -0.341 e. The maximum Gasteiger partial charge on any atom is 0.245 e. The van der Waals surface area contributed by atoms with Crippen molar-refractivity contribution in [2.45, 2.75) is 44.1 Å². The molecule has 1 amide bonds. The molecule has 3 aliphatic heterocycles. The van der Waals surface area contributed by atoms with Gasteiger partial charge in [-0.3, -0.25) is 9.69 Å². The molecule has 156 valence electrons. The van der Waals surface area contributed by atoms with E-state index in [4.69, 9.17) is 11.6 Å². The highest BCUT2D eigenvalue weighted by Crippen LogP contribution is 2.35. The molecule has 1 saturated heterocycles. The number of piperidine rings is 1. The Hall–Kier alpha value is -1.63. The van der Waals surface area contributed by atoms with Crippen molar-refractivity contribution >= 4 is 17.5 Å². The van der Waals surface area contributed by atoms with Crippen LogP contribution in [-0.2, 0) is 4.79 Å². The number of benzene rings is 1. The highest BCUT2D eigenvalue weighted by molar-refractivity contribution is 6.31. The fraction of sp³-hybridized carbons (Fsp3) is 0.591. The molecule has 1 aromatic rings. The minimum absolute atomic E-state index is 0.155. The number of nitrogens with one attached hydrogen (secondary N) is 2. The van der Waals surface area contributed by atoms with E-state index < -0.39 is 0 Å². The third-order valence-electron chi connectivity index (χ3n) is 6.87. The van der Waals surface area contributed by atoms with Crippen LogP contribution in [0.4, 0.5) is 4.39 Å². The zero-order chi connectivity index (χ0) is 20.0. The van der Waals surface area contributed by atoms with Crippen LogP contribution in [0.15, 0.2) is 29.5 Å². The van der Waals surface area contributed by atoms with Gasteiger partial charge in [0.05, 0.1) is 5.02 Å². The molecule has 2 N–H and O–H groups in total. The normalized spacial score (nSPS) is 25.9. The molecule has 0 spiro atoms. The Kier molecular flexibility index (Phi) is 5.26. The van der Waals surface area contributed by atoms with E-state index in [9.17, 15) is 9.18 Å². The summed E-state index contributed by atoms with van der Waals surface area (Å²) in [5, 5.41) is 0.228. The summed E-state index contributed by atoms with van der Waals surface area (Å²) >= 11 is 6.17. The van der Waals surface area contributed by atoms with Crippen molar-refractivity contribution in [2.75, 3.05) is 32.7 Å². The molecule has 3 heterocycles. The highest BCUT2D eigenvalue weighted by Gasteiger charge is 2.38. The van der Waals surface area contributed by atoms with Gasteiger partial charge in [-0.25, -0.2) is 9.82 Å². The van der Waals surface area contributed by atoms with Gasteiger partial charge in [0, 0.05) is 38.4 Å². The highest BCUT2D eigenvalue weighted by atomic mass is 35.5. The summed E-state index contributed by atoms with van der Waals surface area (Å²) in [6.45, 7) is 4.52. The van der Waals surface area contributed by atoms with Crippen molar-refractivity contribution in [3.05, 3.63) is 45.9 Å². The van der Waals surface area contributed by atoms with Crippen molar-refractivity contribution < 1.29 is 9.18 Å². The van der Waals surface area contributed by atoms with Gasteiger partial charge in [0.2, 0.25) is 5.91 Å². The van der Waals surface area contributed by atoms with Gasteiger partial charge in [-0.2, -0.15) is 0 Å². The molecular formula is C22H28ClFN4O. The van der Waals surface area contributed by atoms with Crippen LogP contribution < -0.4 is 10.9 Å². The Morgan fingerprint density at radius 2 is 1.97 bits per heavy atom. The second kappa shape index (κ2) is 7.89. The minimum atomic E-state index is -0.364. The van der Waals surface area contributed by atoms with Crippen LogP contribution in [0.3, 0.4) is 0 Å². The Morgan fingerprint density at radius 1 is 1.17 bits per heavy atom. The maximum absolute atomic E-state index is 13.8. The molecule has 0 radical (unpaired) electrons. The van der Waals surface area contributed by atoms with Gasteiger partial charge in [-0.1, -0.05) is 23.7 Å². The van der Waals surface area contributed by atoms with Crippen molar-refractivity contribution in [3.8, 4) is 0 Å². The fourth-order valence-corrected chi connectivity index (χ4v) is 5.26. The summed E-state index contributed by atoms with van der Waals surface area (Å²) in [7, 11) is 0. The molecule has 1 saturated carbocycles. The molecule has 4 aliphatic rings. The van der Waals surface area contributed by atoms with Crippen molar-refractivity contribution in [2.24, 2.45) is 5.92 Å². The van der Waals surface area contributed by atoms with Gasteiger partial charge in [-0.05, 0) is 61.1 Å². The second-order valence-corrected chi connectivity index (χ2v) is 9.26. The first kappa shape index (κ1) is 19.3. The van der Waals surface area contributed by atoms with Crippen LogP contribution >= 0.6 is 11.6 Å². The van der Waals surface area contributed by atoms with Gasteiger partial charge >= 0.3 is 0 Å². The van der Waals surface area contributed by atoms with Crippen LogP contribution in [0.5, 0.6) is 0 Å². The monoisotopic (exact) mass is 418 g/mol. The second-order valence-electron chi connectivity index (χ2n) is 8.88. The number of likely N-dealkylation sites (tertiary alicyclic amines) is 1. The molecule has 0 bridgehead atoms. The maximum atomic E-state index is 13.8. The number of hydrazine groups is 1. The molecular weight excluding hydrogens is 391 g/mol. The Bertz CT molecular complexity index is 832. The standard InChI is InChI=1S/C22H28ClFN4O/c23-20-16(2-1-3-18(20)24)15-6-10-28(11-7-15)22(29)21-17-8-9-27(12-14-4-5-14)13-19(17)25-26-21/h1-3,14-15,21,25-26H,4-13H2. The predicted octanol–water partition coefficient (Wildman–Crippen LogP) is 3.03. The summed E-state index contributed by atoms with van der Waals surface area (Å²) in [4.78, 5) is 17.6. The van der Waals surface area contributed by atoms with E-state index in [1.54, 1.807) is 6.07 Å².